The Labute approximate surface area is 118 Å². The Bertz CT molecular complexity index is 667. The first-order valence-corrected chi connectivity index (χ1v) is 7.89. The third kappa shape index (κ3) is 3.09. The van der Waals surface area contributed by atoms with Crippen molar-refractivity contribution in [1.29, 1.82) is 0 Å². The van der Waals surface area contributed by atoms with Crippen LogP contribution in [-0.2, 0) is 16.2 Å². The zero-order valence-corrected chi connectivity index (χ0v) is 12.2. The number of hydrogen-bond donors (Lipinski definition) is 1. The zero-order chi connectivity index (χ0) is 15.1. The number of amidine groups is 1. The molecule has 1 aliphatic heterocycles. The first-order valence-electron chi connectivity index (χ1n) is 5.59. The lowest BCUT2D eigenvalue weighted by Crippen LogP contribution is -2.33. The molecule has 0 radical (unpaired) electrons. The summed E-state index contributed by atoms with van der Waals surface area (Å²) in [7, 11) is -4.02. The highest BCUT2D eigenvalue weighted by Crippen LogP contribution is 2.37. The maximum atomic E-state index is 12.6. The summed E-state index contributed by atoms with van der Waals surface area (Å²) < 4.78 is 64.0. The number of fused-ring (bicyclic) bond motifs is 1. The van der Waals surface area contributed by atoms with Gasteiger partial charge < -0.3 is 0 Å². The molecule has 0 amide bonds. The number of alkyl halides is 3. The van der Waals surface area contributed by atoms with Crippen molar-refractivity contribution in [3.63, 3.8) is 0 Å². The quantitative estimate of drug-likeness (QED) is 0.864. The smallest absolute Gasteiger partial charge is 0.259 e. The van der Waals surface area contributed by atoms with Gasteiger partial charge in [0.2, 0.25) is 0 Å². The predicted molar refractivity (Wildman–Crippen MR) is 70.2 cm³/mol. The van der Waals surface area contributed by atoms with E-state index in [1.54, 1.807) is 13.8 Å². The van der Waals surface area contributed by atoms with Crippen molar-refractivity contribution >= 4 is 27.0 Å². The summed E-state index contributed by atoms with van der Waals surface area (Å²) in [6.45, 7) is 3.54. The van der Waals surface area contributed by atoms with E-state index < -0.39 is 21.8 Å². The van der Waals surface area contributed by atoms with Crippen LogP contribution in [0.2, 0.25) is 0 Å². The summed E-state index contributed by atoms with van der Waals surface area (Å²) in [5.41, 5.74) is -0.994. The topological polar surface area (TPSA) is 58.5 Å². The molecular formula is C11H11F3N2O2S2. The van der Waals surface area contributed by atoms with Gasteiger partial charge in [-0.1, -0.05) is 11.8 Å². The van der Waals surface area contributed by atoms with Crippen molar-refractivity contribution in [2.24, 2.45) is 4.99 Å². The van der Waals surface area contributed by atoms with E-state index in [1.807, 2.05) is 0 Å². The van der Waals surface area contributed by atoms with E-state index in [9.17, 15) is 21.6 Å². The SMILES string of the molecule is CC(C)N=C1NS(=O)(=O)c2cc(C(F)(F)F)ccc2S1. The Hall–Kier alpha value is -1.22. The van der Waals surface area contributed by atoms with E-state index >= 15 is 0 Å². The van der Waals surface area contributed by atoms with E-state index in [0.29, 0.717) is 6.07 Å². The number of thioether (sulfide) groups is 1. The Kier molecular flexibility index (Phi) is 3.76. The third-order valence-electron chi connectivity index (χ3n) is 2.36. The molecule has 110 valence electrons. The molecule has 1 N–H and O–H groups in total. The minimum atomic E-state index is -4.58. The maximum Gasteiger partial charge on any atom is 0.416 e. The van der Waals surface area contributed by atoms with Gasteiger partial charge in [-0.05, 0) is 32.0 Å². The summed E-state index contributed by atoms with van der Waals surface area (Å²) in [6, 6.07) is 2.52. The second-order valence-electron chi connectivity index (χ2n) is 4.39. The van der Waals surface area contributed by atoms with Crippen molar-refractivity contribution in [2.75, 3.05) is 0 Å². The largest absolute Gasteiger partial charge is 0.416 e. The standard InChI is InChI=1S/C11H11F3N2O2S2/c1-6(2)15-10-16-20(17,18)9-5-7(11(12,13)14)3-4-8(9)19-10/h3-6H,1-2H3,(H,15,16). The van der Waals surface area contributed by atoms with Gasteiger partial charge in [-0.25, -0.2) is 8.42 Å². The molecule has 1 aromatic carbocycles. The summed E-state index contributed by atoms with van der Waals surface area (Å²) in [6.07, 6.45) is -4.58. The van der Waals surface area contributed by atoms with Crippen molar-refractivity contribution in [2.45, 2.75) is 35.9 Å². The van der Waals surface area contributed by atoms with Gasteiger partial charge in [0.15, 0.2) is 5.17 Å². The van der Waals surface area contributed by atoms with Crippen LogP contribution >= 0.6 is 11.8 Å². The fourth-order valence-corrected chi connectivity index (χ4v) is 4.29. The summed E-state index contributed by atoms with van der Waals surface area (Å²) >= 11 is 0.999. The number of halogens is 3. The molecule has 0 aliphatic carbocycles. The molecule has 4 nitrogen and oxygen atoms in total. The molecule has 0 aromatic heterocycles. The first-order chi connectivity index (χ1) is 9.09. The van der Waals surface area contributed by atoms with Crippen LogP contribution < -0.4 is 4.72 Å². The van der Waals surface area contributed by atoms with Gasteiger partial charge in [0, 0.05) is 10.9 Å². The number of benzene rings is 1. The molecule has 0 atom stereocenters. The van der Waals surface area contributed by atoms with Gasteiger partial charge in [0.1, 0.15) is 4.90 Å². The average molecular weight is 324 g/mol. The zero-order valence-electron chi connectivity index (χ0n) is 10.5. The van der Waals surface area contributed by atoms with Crippen LogP contribution in [0.1, 0.15) is 19.4 Å². The van der Waals surface area contributed by atoms with Crippen LogP contribution in [0.15, 0.2) is 33.0 Å². The van der Waals surface area contributed by atoms with Gasteiger partial charge in [-0.15, -0.1) is 0 Å². The molecular weight excluding hydrogens is 313 g/mol. The predicted octanol–water partition coefficient (Wildman–Crippen LogP) is 2.85. The van der Waals surface area contributed by atoms with Crippen LogP contribution in [0.5, 0.6) is 0 Å². The van der Waals surface area contributed by atoms with Gasteiger partial charge in [0.05, 0.1) is 5.56 Å². The molecule has 0 saturated heterocycles. The van der Waals surface area contributed by atoms with Crippen molar-refractivity contribution in [1.82, 2.24) is 4.72 Å². The number of nitrogens with one attached hydrogen (secondary N) is 1. The average Bonchev–Trinajstić information content (AvgIpc) is 2.25. The second kappa shape index (κ2) is 4.96. The Balaban J connectivity index is 2.53. The number of sulfonamides is 1. The molecule has 2 rings (SSSR count). The van der Waals surface area contributed by atoms with Crippen LogP contribution in [0.25, 0.3) is 0 Å². The monoisotopic (exact) mass is 324 g/mol. The highest BCUT2D eigenvalue weighted by atomic mass is 32.2. The van der Waals surface area contributed by atoms with E-state index in [2.05, 4.69) is 9.71 Å². The normalized spacial score (nSPS) is 19.8. The molecule has 0 fully saturated rings. The molecule has 1 aliphatic rings. The third-order valence-corrected chi connectivity index (χ3v) is 4.98. The number of aliphatic imine (C=N–C) groups is 1. The fraction of sp³-hybridized carbons (Fsp3) is 0.364. The second-order valence-corrected chi connectivity index (χ2v) is 7.08. The Morgan fingerprint density at radius 3 is 2.50 bits per heavy atom. The van der Waals surface area contributed by atoms with Crippen LogP contribution in [-0.4, -0.2) is 19.6 Å². The number of nitrogens with zero attached hydrogens (tertiary/aromatic N) is 1. The highest BCUT2D eigenvalue weighted by Gasteiger charge is 2.35. The molecule has 0 bridgehead atoms. The van der Waals surface area contributed by atoms with Crippen molar-refractivity contribution in [3.8, 4) is 0 Å². The molecule has 0 spiro atoms. The Morgan fingerprint density at radius 1 is 1.30 bits per heavy atom. The first kappa shape index (κ1) is 15.2. The van der Waals surface area contributed by atoms with Crippen LogP contribution in [0.4, 0.5) is 13.2 Å². The fourth-order valence-electron chi connectivity index (χ4n) is 1.56. The van der Waals surface area contributed by atoms with E-state index in [-0.39, 0.29) is 21.0 Å². The lowest BCUT2D eigenvalue weighted by Gasteiger charge is -2.20. The molecule has 0 unspecified atom stereocenters. The highest BCUT2D eigenvalue weighted by molar-refractivity contribution is 8.16. The lowest BCUT2D eigenvalue weighted by molar-refractivity contribution is -0.137. The van der Waals surface area contributed by atoms with Gasteiger partial charge >= 0.3 is 6.18 Å². The van der Waals surface area contributed by atoms with Gasteiger partial charge in [0.25, 0.3) is 10.0 Å². The molecule has 1 heterocycles. The van der Waals surface area contributed by atoms with Gasteiger partial charge in [-0.2, -0.15) is 13.2 Å². The summed E-state index contributed by atoms with van der Waals surface area (Å²) in [5.74, 6) is 0. The molecule has 20 heavy (non-hydrogen) atoms. The molecule has 1 aromatic rings. The number of rotatable bonds is 1. The number of hydrogen-bond acceptors (Lipinski definition) is 4. The summed E-state index contributed by atoms with van der Waals surface area (Å²) in [5, 5.41) is 0.159. The van der Waals surface area contributed by atoms with Crippen molar-refractivity contribution in [3.05, 3.63) is 23.8 Å². The Morgan fingerprint density at radius 2 is 1.95 bits per heavy atom. The van der Waals surface area contributed by atoms with E-state index in [4.69, 9.17) is 0 Å². The van der Waals surface area contributed by atoms with E-state index in [1.165, 1.54) is 0 Å². The maximum absolute atomic E-state index is 12.6. The minimum absolute atomic E-state index is 0.129. The van der Waals surface area contributed by atoms with E-state index in [0.717, 1.165) is 23.9 Å². The van der Waals surface area contributed by atoms with Crippen molar-refractivity contribution < 1.29 is 21.6 Å². The minimum Gasteiger partial charge on any atom is -0.259 e. The molecule has 9 heteroatoms. The summed E-state index contributed by atoms with van der Waals surface area (Å²) in [4.78, 5) is 3.93. The lowest BCUT2D eigenvalue weighted by atomic mass is 10.2. The van der Waals surface area contributed by atoms with Crippen LogP contribution in [0, 0.1) is 0 Å². The molecule has 0 saturated carbocycles. The van der Waals surface area contributed by atoms with Crippen LogP contribution in [0.3, 0.4) is 0 Å². The van der Waals surface area contributed by atoms with Gasteiger partial charge in [-0.3, -0.25) is 9.71 Å².